The van der Waals surface area contributed by atoms with Crippen LogP contribution in [0.25, 0.3) is 34.2 Å². The van der Waals surface area contributed by atoms with Gasteiger partial charge >= 0.3 is 0 Å². The van der Waals surface area contributed by atoms with Gasteiger partial charge in [-0.1, -0.05) is 23.2 Å². The Morgan fingerprint density at radius 2 is 1.89 bits per heavy atom. The second-order valence-corrected chi connectivity index (χ2v) is 8.59. The molecule has 0 fully saturated rings. The predicted molar refractivity (Wildman–Crippen MR) is 120 cm³/mol. The molecule has 0 aliphatic rings. The van der Waals surface area contributed by atoms with Crippen LogP contribution in [0, 0.1) is 11.3 Å². The van der Waals surface area contributed by atoms with Crippen molar-refractivity contribution < 1.29 is 0 Å². The molecule has 3 nitrogen and oxygen atoms in total. The van der Waals surface area contributed by atoms with Crippen molar-refractivity contribution in [3.05, 3.63) is 73.3 Å². The molecule has 4 aromatic rings. The lowest BCUT2D eigenvalue weighted by atomic mass is 10.1. The molecule has 0 bridgehead atoms. The number of nitriles is 1. The van der Waals surface area contributed by atoms with Crippen molar-refractivity contribution in [3.8, 4) is 28.6 Å². The zero-order chi connectivity index (χ0) is 19.7. The molecule has 0 spiro atoms. The Morgan fingerprint density at radius 1 is 1.11 bits per heavy atom. The normalized spacial score (nSPS) is 11.6. The third kappa shape index (κ3) is 3.78. The summed E-state index contributed by atoms with van der Waals surface area (Å²) in [5.41, 5.74) is 5.28. The number of hydrogen-bond donors (Lipinski definition) is 0. The Bertz CT molecular complexity index is 1190. The smallest absolute Gasteiger partial charge is 0.134 e. The number of thiazole rings is 1. The van der Waals surface area contributed by atoms with Crippen LogP contribution >= 0.6 is 45.9 Å². The predicted octanol–water partition coefficient (Wildman–Crippen LogP) is 7.25. The monoisotopic (exact) mass is 441 g/mol. The zero-order valence-electron chi connectivity index (χ0n) is 14.7. The van der Waals surface area contributed by atoms with Crippen molar-refractivity contribution in [1.29, 1.82) is 5.26 Å². The van der Waals surface area contributed by atoms with Crippen LogP contribution in [0.1, 0.15) is 10.7 Å². The van der Waals surface area contributed by atoms with Crippen LogP contribution in [0.2, 0.25) is 10.0 Å². The van der Waals surface area contributed by atoms with Gasteiger partial charge in [0, 0.05) is 50.4 Å². The number of rotatable bonds is 4. The Labute approximate surface area is 180 Å². The summed E-state index contributed by atoms with van der Waals surface area (Å²) in [5, 5.41) is 17.6. The number of benzene rings is 1. The summed E-state index contributed by atoms with van der Waals surface area (Å²) in [5.74, 6) is 0. The van der Waals surface area contributed by atoms with Crippen molar-refractivity contribution in [1.82, 2.24) is 9.55 Å². The molecule has 138 valence electrons. The summed E-state index contributed by atoms with van der Waals surface area (Å²) in [6, 6.07) is 13.7. The van der Waals surface area contributed by atoms with Crippen LogP contribution < -0.4 is 0 Å². The van der Waals surface area contributed by atoms with E-state index < -0.39 is 0 Å². The highest BCUT2D eigenvalue weighted by molar-refractivity contribution is 7.11. The maximum atomic E-state index is 9.67. The SMILES string of the molecule is Cn1c(C=C(C#N)c2nc(-c3ccsc3)cs2)ccc1-c1cc(Cl)cc(Cl)c1. The van der Waals surface area contributed by atoms with E-state index in [2.05, 4.69) is 11.1 Å². The number of thiophene rings is 1. The number of nitrogens with zero attached hydrogens (tertiary/aromatic N) is 3. The summed E-state index contributed by atoms with van der Waals surface area (Å²) in [4.78, 5) is 4.63. The van der Waals surface area contributed by atoms with E-state index in [-0.39, 0.29) is 0 Å². The molecule has 28 heavy (non-hydrogen) atoms. The highest BCUT2D eigenvalue weighted by Gasteiger charge is 2.12. The van der Waals surface area contributed by atoms with E-state index in [0.717, 1.165) is 28.2 Å². The standard InChI is InChI=1S/C21H13Cl2N3S2/c1-26-18(2-3-20(26)14-6-16(22)9-17(23)7-14)8-15(10-24)21-25-19(12-28-21)13-4-5-27-11-13/h2-9,11-12H,1H3. The molecule has 3 heterocycles. The number of aromatic nitrogens is 2. The van der Waals surface area contributed by atoms with Crippen molar-refractivity contribution >= 4 is 57.5 Å². The molecule has 4 rings (SSSR count). The maximum Gasteiger partial charge on any atom is 0.134 e. The first-order valence-electron chi connectivity index (χ1n) is 8.27. The summed E-state index contributed by atoms with van der Waals surface area (Å²) in [7, 11) is 1.95. The Kier molecular flexibility index (Phi) is 5.38. The highest BCUT2D eigenvalue weighted by atomic mass is 35.5. The quantitative estimate of drug-likeness (QED) is 0.313. The molecule has 0 atom stereocenters. The van der Waals surface area contributed by atoms with Crippen molar-refractivity contribution in [2.75, 3.05) is 0 Å². The van der Waals surface area contributed by atoms with E-state index in [1.165, 1.54) is 11.3 Å². The third-order valence-electron chi connectivity index (χ3n) is 4.28. The molecule has 0 unspecified atom stereocenters. The molecule has 0 aliphatic heterocycles. The van der Waals surface area contributed by atoms with Crippen LogP contribution in [-0.4, -0.2) is 9.55 Å². The van der Waals surface area contributed by atoms with Crippen LogP contribution in [-0.2, 0) is 7.05 Å². The molecule has 3 aromatic heterocycles. The molecule has 1 aromatic carbocycles. The summed E-state index contributed by atoms with van der Waals surface area (Å²) in [6.45, 7) is 0. The average molecular weight is 442 g/mol. The zero-order valence-corrected chi connectivity index (χ0v) is 17.8. The van der Waals surface area contributed by atoms with Gasteiger partial charge in [0.2, 0.25) is 0 Å². The van der Waals surface area contributed by atoms with Gasteiger partial charge < -0.3 is 4.57 Å². The van der Waals surface area contributed by atoms with Gasteiger partial charge in [-0.3, -0.25) is 0 Å². The fourth-order valence-electron chi connectivity index (χ4n) is 2.89. The summed E-state index contributed by atoms with van der Waals surface area (Å²) in [6.07, 6.45) is 1.85. The minimum Gasteiger partial charge on any atom is -0.344 e. The van der Waals surface area contributed by atoms with E-state index in [0.29, 0.717) is 20.6 Å². The molecule has 7 heteroatoms. The van der Waals surface area contributed by atoms with Gasteiger partial charge in [0.15, 0.2) is 0 Å². The van der Waals surface area contributed by atoms with Gasteiger partial charge in [-0.15, -0.1) is 11.3 Å². The Balaban J connectivity index is 1.70. The lowest BCUT2D eigenvalue weighted by Crippen LogP contribution is -1.95. The maximum absolute atomic E-state index is 9.67. The van der Waals surface area contributed by atoms with Crippen LogP contribution in [0.5, 0.6) is 0 Å². The molecule has 0 radical (unpaired) electrons. The van der Waals surface area contributed by atoms with Gasteiger partial charge in [-0.25, -0.2) is 4.98 Å². The van der Waals surface area contributed by atoms with E-state index >= 15 is 0 Å². The number of hydrogen-bond acceptors (Lipinski definition) is 4. The first-order chi connectivity index (χ1) is 13.5. The molecular formula is C21H13Cl2N3S2. The second-order valence-electron chi connectivity index (χ2n) is 6.08. The molecule has 0 saturated carbocycles. The fourth-order valence-corrected chi connectivity index (χ4v) is 4.86. The van der Waals surface area contributed by atoms with Gasteiger partial charge in [0.05, 0.1) is 11.3 Å². The van der Waals surface area contributed by atoms with E-state index in [9.17, 15) is 5.26 Å². The first kappa shape index (κ1) is 19.0. The van der Waals surface area contributed by atoms with Crippen molar-refractivity contribution in [2.45, 2.75) is 0 Å². The van der Waals surface area contributed by atoms with E-state index in [1.54, 1.807) is 17.4 Å². The molecule has 0 amide bonds. The second kappa shape index (κ2) is 7.94. The minimum atomic E-state index is 0.531. The first-order valence-corrected chi connectivity index (χ1v) is 10.9. The largest absolute Gasteiger partial charge is 0.344 e. The lowest BCUT2D eigenvalue weighted by Gasteiger charge is -2.07. The van der Waals surface area contributed by atoms with Crippen LogP contribution in [0.15, 0.2) is 52.5 Å². The van der Waals surface area contributed by atoms with Crippen molar-refractivity contribution in [2.24, 2.45) is 7.05 Å². The van der Waals surface area contributed by atoms with Gasteiger partial charge in [-0.2, -0.15) is 16.6 Å². The van der Waals surface area contributed by atoms with Gasteiger partial charge in [0.25, 0.3) is 0 Å². The Hall–Kier alpha value is -2.36. The summed E-state index contributed by atoms with van der Waals surface area (Å²) >= 11 is 15.4. The average Bonchev–Trinajstić information content (AvgIpc) is 3.40. The molecular weight excluding hydrogens is 429 g/mol. The summed E-state index contributed by atoms with van der Waals surface area (Å²) < 4.78 is 2.01. The van der Waals surface area contributed by atoms with E-state index in [4.69, 9.17) is 23.2 Å². The highest BCUT2D eigenvalue weighted by Crippen LogP contribution is 2.31. The number of allylic oxidation sites excluding steroid dienone is 1. The lowest BCUT2D eigenvalue weighted by molar-refractivity contribution is 0.924. The Morgan fingerprint density at radius 3 is 2.57 bits per heavy atom. The van der Waals surface area contributed by atoms with Crippen molar-refractivity contribution in [3.63, 3.8) is 0 Å². The minimum absolute atomic E-state index is 0.531. The van der Waals surface area contributed by atoms with Gasteiger partial charge in [-0.05, 0) is 47.9 Å². The van der Waals surface area contributed by atoms with E-state index in [1.807, 2.05) is 64.2 Å². The topological polar surface area (TPSA) is 41.6 Å². The molecule has 0 saturated heterocycles. The fraction of sp³-hybridized carbons (Fsp3) is 0.0476. The van der Waals surface area contributed by atoms with Crippen LogP contribution in [0.3, 0.4) is 0 Å². The molecule has 0 N–H and O–H groups in total. The van der Waals surface area contributed by atoms with Crippen LogP contribution in [0.4, 0.5) is 0 Å². The third-order valence-corrected chi connectivity index (χ3v) is 6.28. The number of halogens is 2. The van der Waals surface area contributed by atoms with Gasteiger partial charge in [0.1, 0.15) is 11.1 Å². The molecule has 0 aliphatic carbocycles.